The number of rotatable bonds is 6. The lowest BCUT2D eigenvalue weighted by atomic mass is 10.1. The highest BCUT2D eigenvalue weighted by Crippen LogP contribution is 2.25. The molecule has 0 aromatic heterocycles. The number of aliphatic carboxylic acids is 1. The van der Waals surface area contributed by atoms with Crippen molar-refractivity contribution in [3.8, 4) is 0 Å². The molecule has 0 radical (unpaired) electrons. The van der Waals surface area contributed by atoms with Crippen LogP contribution in [0.2, 0.25) is 0 Å². The van der Waals surface area contributed by atoms with Crippen LogP contribution in [0.25, 0.3) is 0 Å². The van der Waals surface area contributed by atoms with Crippen molar-refractivity contribution in [1.82, 2.24) is 0 Å². The number of urea groups is 1. The molecule has 2 aromatic rings. The van der Waals surface area contributed by atoms with Crippen LogP contribution in [0.15, 0.2) is 42.5 Å². The lowest BCUT2D eigenvalue weighted by Gasteiger charge is -2.18. The minimum atomic E-state index is -0.840. The summed E-state index contributed by atoms with van der Waals surface area (Å²) in [6.07, 6.45) is 0.489. The monoisotopic (exact) mass is 341 g/mol. The molecular weight excluding hydrogens is 318 g/mol. The van der Waals surface area contributed by atoms with Crippen LogP contribution in [0.1, 0.15) is 17.5 Å². The quantitative estimate of drug-likeness (QED) is 0.748. The molecule has 6 nitrogen and oxygen atoms in total. The number of carbonyl (C=O) groups is 2. The Labute approximate surface area is 147 Å². The number of nitrogens with zero attached hydrogens (tertiary/aromatic N) is 1. The molecular formula is C19H23N3O3. The molecule has 3 N–H and O–H groups in total. The predicted molar refractivity (Wildman–Crippen MR) is 101 cm³/mol. The van der Waals surface area contributed by atoms with Gasteiger partial charge >= 0.3 is 12.0 Å². The summed E-state index contributed by atoms with van der Waals surface area (Å²) in [6.45, 7) is 1.96. The molecule has 2 amide bonds. The molecule has 0 aliphatic rings. The van der Waals surface area contributed by atoms with E-state index in [0.717, 1.165) is 22.5 Å². The molecule has 0 aliphatic heterocycles. The summed E-state index contributed by atoms with van der Waals surface area (Å²) in [5.41, 5.74) is 4.25. The summed E-state index contributed by atoms with van der Waals surface area (Å²) in [7, 11) is 3.91. The van der Waals surface area contributed by atoms with E-state index in [-0.39, 0.29) is 12.5 Å². The van der Waals surface area contributed by atoms with E-state index in [1.807, 2.05) is 50.2 Å². The number of carbonyl (C=O) groups excluding carboxylic acids is 1. The number of benzene rings is 2. The van der Waals surface area contributed by atoms with Gasteiger partial charge in [0.05, 0.1) is 0 Å². The first-order chi connectivity index (χ1) is 11.9. The third kappa shape index (κ3) is 5.24. The Kier molecular flexibility index (Phi) is 6.00. The molecule has 0 aliphatic carbocycles. The van der Waals surface area contributed by atoms with E-state index in [0.29, 0.717) is 12.1 Å². The molecule has 0 unspecified atom stereocenters. The molecule has 0 saturated carbocycles. The smallest absolute Gasteiger partial charge is 0.323 e. The van der Waals surface area contributed by atoms with Crippen molar-refractivity contribution in [2.75, 3.05) is 29.6 Å². The lowest BCUT2D eigenvalue weighted by molar-refractivity contribution is -0.136. The van der Waals surface area contributed by atoms with Gasteiger partial charge in [-0.05, 0) is 48.7 Å². The Bertz CT molecular complexity index is 772. The van der Waals surface area contributed by atoms with Gasteiger partial charge in [-0.15, -0.1) is 0 Å². The largest absolute Gasteiger partial charge is 0.481 e. The third-order valence-electron chi connectivity index (χ3n) is 3.85. The van der Waals surface area contributed by atoms with Crippen LogP contribution in [-0.4, -0.2) is 31.2 Å². The van der Waals surface area contributed by atoms with Crippen LogP contribution in [0.5, 0.6) is 0 Å². The Morgan fingerprint density at radius 2 is 1.80 bits per heavy atom. The van der Waals surface area contributed by atoms with E-state index in [4.69, 9.17) is 5.11 Å². The number of carboxylic acid groups (broad SMARTS) is 1. The van der Waals surface area contributed by atoms with Crippen molar-refractivity contribution in [2.45, 2.75) is 19.8 Å². The summed E-state index contributed by atoms with van der Waals surface area (Å²) in [6, 6.07) is 12.6. The molecule has 2 aromatic carbocycles. The average molecular weight is 341 g/mol. The van der Waals surface area contributed by atoms with Gasteiger partial charge in [0, 0.05) is 37.6 Å². The SMILES string of the molecule is Cc1c(NC(=O)Nc2cccc(CCC(=O)O)c2)cccc1N(C)C. The maximum absolute atomic E-state index is 12.3. The van der Waals surface area contributed by atoms with Crippen LogP contribution < -0.4 is 15.5 Å². The summed E-state index contributed by atoms with van der Waals surface area (Å²) >= 11 is 0. The molecule has 2 rings (SSSR count). The second-order valence-electron chi connectivity index (χ2n) is 6.02. The van der Waals surface area contributed by atoms with Gasteiger partial charge in [0.15, 0.2) is 0 Å². The molecule has 25 heavy (non-hydrogen) atoms. The van der Waals surface area contributed by atoms with Crippen molar-refractivity contribution in [1.29, 1.82) is 0 Å². The number of aryl methyl sites for hydroxylation is 1. The van der Waals surface area contributed by atoms with Gasteiger partial charge in [-0.2, -0.15) is 0 Å². The molecule has 0 bridgehead atoms. The zero-order valence-corrected chi connectivity index (χ0v) is 14.7. The number of carboxylic acids is 1. The molecule has 0 saturated heterocycles. The fourth-order valence-corrected chi connectivity index (χ4v) is 2.58. The van der Waals surface area contributed by atoms with Gasteiger partial charge in [-0.25, -0.2) is 4.79 Å². The van der Waals surface area contributed by atoms with Crippen LogP contribution >= 0.6 is 0 Å². The Hall–Kier alpha value is -3.02. The average Bonchev–Trinajstić information content (AvgIpc) is 2.55. The minimum absolute atomic E-state index is 0.0617. The van der Waals surface area contributed by atoms with Gasteiger partial charge in [0.1, 0.15) is 0 Å². The zero-order valence-electron chi connectivity index (χ0n) is 14.7. The van der Waals surface area contributed by atoms with Crippen LogP contribution in [0, 0.1) is 6.92 Å². The summed E-state index contributed by atoms with van der Waals surface area (Å²) in [4.78, 5) is 24.9. The highest BCUT2D eigenvalue weighted by Gasteiger charge is 2.09. The fraction of sp³-hybridized carbons (Fsp3) is 0.263. The van der Waals surface area contributed by atoms with Gasteiger partial charge in [0.25, 0.3) is 0 Å². The fourth-order valence-electron chi connectivity index (χ4n) is 2.58. The normalized spacial score (nSPS) is 10.2. The lowest BCUT2D eigenvalue weighted by Crippen LogP contribution is -2.21. The second-order valence-corrected chi connectivity index (χ2v) is 6.02. The molecule has 0 atom stereocenters. The number of amides is 2. The highest BCUT2D eigenvalue weighted by atomic mass is 16.4. The van der Waals surface area contributed by atoms with Crippen molar-refractivity contribution < 1.29 is 14.7 Å². The van der Waals surface area contributed by atoms with Gasteiger partial charge in [-0.3, -0.25) is 4.79 Å². The molecule has 6 heteroatoms. The summed E-state index contributed by atoms with van der Waals surface area (Å²) in [5, 5.41) is 14.4. The Morgan fingerprint density at radius 1 is 1.08 bits per heavy atom. The number of anilines is 3. The summed E-state index contributed by atoms with van der Waals surface area (Å²) in [5.74, 6) is -0.840. The maximum Gasteiger partial charge on any atom is 0.323 e. The minimum Gasteiger partial charge on any atom is -0.481 e. The zero-order chi connectivity index (χ0) is 18.4. The van der Waals surface area contributed by atoms with E-state index in [2.05, 4.69) is 10.6 Å². The van der Waals surface area contributed by atoms with Gasteiger partial charge in [0.2, 0.25) is 0 Å². The van der Waals surface area contributed by atoms with Gasteiger partial charge in [-0.1, -0.05) is 18.2 Å². The van der Waals surface area contributed by atoms with Crippen LogP contribution in [-0.2, 0) is 11.2 Å². The van der Waals surface area contributed by atoms with Crippen molar-refractivity contribution >= 4 is 29.1 Å². The molecule has 0 spiro atoms. The first kappa shape index (κ1) is 18.3. The first-order valence-corrected chi connectivity index (χ1v) is 8.02. The first-order valence-electron chi connectivity index (χ1n) is 8.02. The van der Waals surface area contributed by atoms with Crippen LogP contribution in [0.3, 0.4) is 0 Å². The number of nitrogens with one attached hydrogen (secondary N) is 2. The Morgan fingerprint density at radius 3 is 2.48 bits per heavy atom. The third-order valence-corrected chi connectivity index (χ3v) is 3.85. The molecule has 132 valence electrons. The van der Waals surface area contributed by atoms with E-state index in [1.54, 1.807) is 18.2 Å². The van der Waals surface area contributed by atoms with E-state index >= 15 is 0 Å². The number of hydrogen-bond donors (Lipinski definition) is 3. The van der Waals surface area contributed by atoms with Crippen molar-refractivity contribution in [3.63, 3.8) is 0 Å². The second kappa shape index (κ2) is 8.19. The number of hydrogen-bond acceptors (Lipinski definition) is 3. The summed E-state index contributed by atoms with van der Waals surface area (Å²) < 4.78 is 0. The molecule has 0 fully saturated rings. The highest BCUT2D eigenvalue weighted by molar-refractivity contribution is 6.00. The van der Waals surface area contributed by atoms with Crippen LogP contribution in [0.4, 0.5) is 21.9 Å². The van der Waals surface area contributed by atoms with Crippen molar-refractivity contribution in [3.05, 3.63) is 53.6 Å². The van der Waals surface area contributed by atoms with Gasteiger partial charge < -0.3 is 20.6 Å². The standard InChI is InChI=1S/C19H23N3O3/c1-13-16(8-5-9-17(13)22(2)3)21-19(25)20-15-7-4-6-14(12-15)10-11-18(23)24/h4-9,12H,10-11H2,1-3H3,(H,23,24)(H2,20,21,25). The van der Waals surface area contributed by atoms with Crippen molar-refractivity contribution in [2.24, 2.45) is 0 Å². The topological polar surface area (TPSA) is 81.7 Å². The van der Waals surface area contributed by atoms with E-state index < -0.39 is 5.97 Å². The van der Waals surface area contributed by atoms with E-state index in [1.165, 1.54) is 0 Å². The Balaban J connectivity index is 2.04. The van der Waals surface area contributed by atoms with E-state index in [9.17, 15) is 9.59 Å². The molecule has 0 heterocycles. The predicted octanol–water partition coefficient (Wildman–Crippen LogP) is 3.72. The maximum atomic E-state index is 12.3.